The first-order valence-electron chi connectivity index (χ1n) is 12.9. The van der Waals surface area contributed by atoms with Gasteiger partial charge >= 0.3 is 12.1 Å². The third-order valence-corrected chi connectivity index (χ3v) is 7.44. The second kappa shape index (κ2) is 10.4. The fraction of sp³-hybridized carbons (Fsp3) is 0.621. The fourth-order valence-electron chi connectivity index (χ4n) is 5.61. The molecule has 2 aromatic rings. The molecule has 1 aliphatic carbocycles. The molecule has 1 aliphatic rings. The van der Waals surface area contributed by atoms with Gasteiger partial charge in [-0.2, -0.15) is 13.2 Å². The van der Waals surface area contributed by atoms with Gasteiger partial charge in [-0.25, -0.2) is 0 Å². The van der Waals surface area contributed by atoms with Gasteiger partial charge in [0.05, 0.1) is 17.5 Å². The van der Waals surface area contributed by atoms with Gasteiger partial charge in [0.1, 0.15) is 0 Å². The lowest BCUT2D eigenvalue weighted by Gasteiger charge is -2.35. The Morgan fingerprint density at radius 2 is 1.77 bits per heavy atom. The highest BCUT2D eigenvalue weighted by molar-refractivity contribution is 5.71. The lowest BCUT2D eigenvalue weighted by Crippen LogP contribution is -2.29. The SMILES string of the molecule is CCC(C(=O)O)C1CCCc2cc(C(C)C)n(C(CCC(C)(C)C)c3ccc(C(F)(F)F)cc3)c21. The molecule has 194 valence electrons. The average Bonchev–Trinajstić information content (AvgIpc) is 3.14. The van der Waals surface area contributed by atoms with E-state index >= 15 is 0 Å². The maximum atomic E-state index is 13.3. The molecule has 1 aromatic carbocycles. The molecule has 0 aliphatic heterocycles. The van der Waals surface area contributed by atoms with Crippen LogP contribution in [-0.4, -0.2) is 15.6 Å². The van der Waals surface area contributed by atoms with E-state index in [4.69, 9.17) is 0 Å². The number of aromatic nitrogens is 1. The van der Waals surface area contributed by atoms with E-state index in [9.17, 15) is 23.1 Å². The van der Waals surface area contributed by atoms with Gasteiger partial charge in [0.15, 0.2) is 0 Å². The predicted octanol–water partition coefficient (Wildman–Crippen LogP) is 8.58. The van der Waals surface area contributed by atoms with E-state index in [0.29, 0.717) is 6.42 Å². The molecule has 0 spiro atoms. The standard InChI is InChI=1S/C29H40F3NO2/c1-7-22(27(34)35)23-10-8-9-20-17-25(18(2)3)33(26(20)23)24(15-16-28(4,5)6)19-11-13-21(14-12-19)29(30,31)32/h11-14,17-18,22-24H,7-10,15-16H2,1-6H3,(H,34,35). The second-order valence-electron chi connectivity index (χ2n) is 11.6. The van der Waals surface area contributed by atoms with Crippen LogP contribution in [0.5, 0.6) is 0 Å². The molecular weight excluding hydrogens is 451 g/mol. The molecule has 3 rings (SSSR count). The summed E-state index contributed by atoms with van der Waals surface area (Å²) < 4.78 is 42.2. The molecule has 0 bridgehead atoms. The van der Waals surface area contributed by atoms with Gasteiger partial charge in [-0.15, -0.1) is 0 Å². The molecule has 0 fully saturated rings. The molecule has 0 radical (unpaired) electrons. The van der Waals surface area contributed by atoms with Crippen molar-refractivity contribution in [2.45, 2.75) is 104 Å². The Hall–Kier alpha value is -2.24. The number of carboxylic acid groups (broad SMARTS) is 1. The van der Waals surface area contributed by atoms with E-state index in [1.54, 1.807) is 12.1 Å². The number of alkyl halides is 3. The Kier molecular flexibility index (Phi) is 8.12. The molecule has 0 saturated heterocycles. The van der Waals surface area contributed by atoms with Crippen molar-refractivity contribution in [1.82, 2.24) is 4.57 Å². The smallest absolute Gasteiger partial charge is 0.416 e. The van der Waals surface area contributed by atoms with Crippen molar-refractivity contribution in [1.29, 1.82) is 0 Å². The highest BCUT2D eigenvalue weighted by atomic mass is 19.4. The van der Waals surface area contributed by atoms with Crippen molar-refractivity contribution < 1.29 is 23.1 Å². The van der Waals surface area contributed by atoms with Crippen LogP contribution in [0.3, 0.4) is 0 Å². The highest BCUT2D eigenvalue weighted by Gasteiger charge is 2.37. The average molecular weight is 492 g/mol. The summed E-state index contributed by atoms with van der Waals surface area (Å²) in [5.74, 6) is -1.14. The minimum Gasteiger partial charge on any atom is -0.481 e. The van der Waals surface area contributed by atoms with E-state index < -0.39 is 23.6 Å². The summed E-state index contributed by atoms with van der Waals surface area (Å²) >= 11 is 0. The van der Waals surface area contributed by atoms with E-state index in [1.807, 2.05) is 6.92 Å². The molecule has 1 aromatic heterocycles. The first-order chi connectivity index (χ1) is 16.2. The Morgan fingerprint density at radius 1 is 1.14 bits per heavy atom. The summed E-state index contributed by atoms with van der Waals surface area (Å²) in [5.41, 5.74) is 3.69. The molecule has 3 atom stereocenters. The van der Waals surface area contributed by atoms with E-state index in [1.165, 1.54) is 17.7 Å². The zero-order valence-electron chi connectivity index (χ0n) is 21.9. The topological polar surface area (TPSA) is 42.2 Å². The van der Waals surface area contributed by atoms with Gasteiger partial charge < -0.3 is 9.67 Å². The van der Waals surface area contributed by atoms with E-state index in [2.05, 4.69) is 45.3 Å². The van der Waals surface area contributed by atoms with Crippen molar-refractivity contribution in [2.24, 2.45) is 11.3 Å². The van der Waals surface area contributed by atoms with Crippen LogP contribution < -0.4 is 0 Å². The second-order valence-corrected chi connectivity index (χ2v) is 11.6. The van der Waals surface area contributed by atoms with Crippen molar-refractivity contribution >= 4 is 5.97 Å². The van der Waals surface area contributed by atoms with E-state index in [-0.39, 0.29) is 23.3 Å². The number of carbonyl (C=O) groups is 1. The van der Waals surface area contributed by atoms with Gasteiger partial charge in [0.2, 0.25) is 0 Å². The Bertz CT molecular complexity index is 1010. The number of hydrogen-bond donors (Lipinski definition) is 1. The fourth-order valence-corrected chi connectivity index (χ4v) is 5.61. The summed E-state index contributed by atoms with van der Waals surface area (Å²) in [6.45, 7) is 12.7. The largest absolute Gasteiger partial charge is 0.481 e. The zero-order chi connectivity index (χ0) is 26.1. The highest BCUT2D eigenvalue weighted by Crippen LogP contribution is 2.45. The normalized spacial score (nSPS) is 18.4. The number of carboxylic acids is 1. The maximum absolute atomic E-state index is 13.3. The molecule has 0 saturated carbocycles. The van der Waals surface area contributed by atoms with Crippen LogP contribution in [-0.2, 0) is 17.4 Å². The lowest BCUT2D eigenvalue weighted by atomic mass is 9.77. The van der Waals surface area contributed by atoms with Crippen LogP contribution in [0.4, 0.5) is 13.2 Å². The number of rotatable bonds is 8. The Morgan fingerprint density at radius 3 is 2.26 bits per heavy atom. The summed E-state index contributed by atoms with van der Waals surface area (Å²) in [7, 11) is 0. The summed E-state index contributed by atoms with van der Waals surface area (Å²) in [6.07, 6.45) is 0.517. The quantitative estimate of drug-likeness (QED) is 0.402. The third-order valence-electron chi connectivity index (χ3n) is 7.44. The molecule has 3 unspecified atom stereocenters. The number of fused-ring (bicyclic) bond motifs is 1. The first-order valence-corrected chi connectivity index (χ1v) is 12.9. The number of aryl methyl sites for hydroxylation is 1. The Labute approximate surface area is 207 Å². The molecule has 1 N–H and O–H groups in total. The van der Waals surface area contributed by atoms with Crippen LogP contribution in [0.15, 0.2) is 30.3 Å². The lowest BCUT2D eigenvalue weighted by molar-refractivity contribution is -0.143. The van der Waals surface area contributed by atoms with Crippen molar-refractivity contribution in [2.75, 3.05) is 0 Å². The van der Waals surface area contributed by atoms with Crippen molar-refractivity contribution in [3.8, 4) is 0 Å². The van der Waals surface area contributed by atoms with Gasteiger partial charge in [-0.3, -0.25) is 4.79 Å². The van der Waals surface area contributed by atoms with Crippen LogP contribution >= 0.6 is 0 Å². The zero-order valence-corrected chi connectivity index (χ0v) is 21.9. The van der Waals surface area contributed by atoms with Gasteiger partial charge in [-0.05, 0) is 79.2 Å². The molecular formula is C29H40F3NO2. The molecule has 6 heteroatoms. The van der Waals surface area contributed by atoms with Crippen LogP contribution in [0, 0.1) is 11.3 Å². The molecule has 35 heavy (non-hydrogen) atoms. The third kappa shape index (κ3) is 6.13. The summed E-state index contributed by atoms with van der Waals surface area (Å²) in [6, 6.07) is 7.65. The number of nitrogens with zero attached hydrogens (tertiary/aromatic N) is 1. The maximum Gasteiger partial charge on any atom is 0.416 e. The van der Waals surface area contributed by atoms with Crippen molar-refractivity contribution in [3.63, 3.8) is 0 Å². The first kappa shape index (κ1) is 27.3. The van der Waals surface area contributed by atoms with Gasteiger partial charge in [-0.1, -0.05) is 53.7 Å². The number of halogens is 3. The van der Waals surface area contributed by atoms with Crippen LogP contribution in [0.1, 0.15) is 120 Å². The van der Waals surface area contributed by atoms with Crippen molar-refractivity contribution in [3.05, 3.63) is 58.4 Å². The molecule has 3 nitrogen and oxygen atoms in total. The van der Waals surface area contributed by atoms with Crippen LogP contribution in [0.2, 0.25) is 0 Å². The van der Waals surface area contributed by atoms with E-state index in [0.717, 1.165) is 49.1 Å². The number of hydrogen-bond acceptors (Lipinski definition) is 1. The molecule has 1 heterocycles. The predicted molar refractivity (Wildman–Crippen MR) is 134 cm³/mol. The number of benzene rings is 1. The minimum absolute atomic E-state index is 0.0573. The van der Waals surface area contributed by atoms with Gasteiger partial charge in [0.25, 0.3) is 0 Å². The monoisotopic (exact) mass is 491 g/mol. The minimum atomic E-state index is -4.38. The Balaban J connectivity index is 2.22. The molecule has 0 amide bonds. The van der Waals surface area contributed by atoms with Crippen LogP contribution in [0.25, 0.3) is 0 Å². The van der Waals surface area contributed by atoms with Gasteiger partial charge in [0, 0.05) is 17.3 Å². The summed E-state index contributed by atoms with van der Waals surface area (Å²) in [5, 5.41) is 10.0. The summed E-state index contributed by atoms with van der Waals surface area (Å²) in [4.78, 5) is 12.2. The number of aliphatic carboxylic acids is 1.